The van der Waals surface area contributed by atoms with E-state index in [-0.39, 0.29) is 0 Å². The highest BCUT2D eigenvalue weighted by Crippen LogP contribution is 2.39. The summed E-state index contributed by atoms with van der Waals surface area (Å²) in [5.41, 5.74) is 6.64. The van der Waals surface area contributed by atoms with Gasteiger partial charge in [-0.05, 0) is 68.3 Å². The van der Waals surface area contributed by atoms with Crippen molar-refractivity contribution < 1.29 is 9.47 Å². The molecule has 0 saturated carbocycles. The third-order valence-corrected chi connectivity index (χ3v) is 4.45. The van der Waals surface area contributed by atoms with Gasteiger partial charge in [0.1, 0.15) is 17.2 Å². The molecule has 0 bridgehead atoms. The van der Waals surface area contributed by atoms with Crippen molar-refractivity contribution in [3.05, 3.63) is 75.7 Å². The fraction of sp³-hybridized carbons (Fsp3) is 0. The summed E-state index contributed by atoms with van der Waals surface area (Å²) in [6, 6.07) is 20.7. The first-order chi connectivity index (χ1) is 11.1. The maximum atomic E-state index is 6.20. The monoisotopic (exact) mass is 433 g/mol. The number of benzene rings is 3. The summed E-state index contributed by atoms with van der Waals surface area (Å²) in [6.07, 6.45) is 0. The van der Waals surface area contributed by atoms with Crippen LogP contribution in [0.4, 0.5) is 5.69 Å². The molecule has 0 aliphatic carbocycles. The molecule has 0 radical (unpaired) electrons. The zero-order valence-electron chi connectivity index (χ0n) is 12.0. The first kappa shape index (κ1) is 15.9. The van der Waals surface area contributed by atoms with Crippen molar-refractivity contribution >= 4 is 37.5 Å². The van der Waals surface area contributed by atoms with E-state index in [9.17, 15) is 0 Å². The number of para-hydroxylation sites is 3. The van der Waals surface area contributed by atoms with Gasteiger partial charge in [0.15, 0.2) is 11.5 Å². The van der Waals surface area contributed by atoms with E-state index in [1.54, 1.807) is 0 Å². The van der Waals surface area contributed by atoms with Gasteiger partial charge < -0.3 is 15.2 Å². The Balaban J connectivity index is 1.90. The molecule has 0 spiro atoms. The van der Waals surface area contributed by atoms with Crippen molar-refractivity contribution in [2.24, 2.45) is 0 Å². The highest BCUT2D eigenvalue weighted by atomic mass is 79.9. The van der Waals surface area contributed by atoms with Crippen LogP contribution in [0.2, 0.25) is 0 Å². The molecule has 0 atom stereocenters. The number of ether oxygens (including phenoxy) is 2. The van der Waals surface area contributed by atoms with Crippen molar-refractivity contribution in [3.8, 4) is 23.0 Å². The van der Waals surface area contributed by atoms with Crippen LogP contribution >= 0.6 is 31.9 Å². The second-order valence-electron chi connectivity index (χ2n) is 4.73. The first-order valence-electron chi connectivity index (χ1n) is 6.88. The zero-order valence-corrected chi connectivity index (χ0v) is 15.2. The maximum absolute atomic E-state index is 6.20. The van der Waals surface area contributed by atoms with Crippen molar-refractivity contribution in [1.29, 1.82) is 0 Å². The number of anilines is 1. The Morgan fingerprint density at radius 3 is 1.39 bits per heavy atom. The number of nitrogen functional groups attached to an aromatic ring is 1. The molecule has 3 aromatic carbocycles. The summed E-state index contributed by atoms with van der Waals surface area (Å²) in [5, 5.41) is 0. The largest absolute Gasteiger partial charge is 0.454 e. The van der Waals surface area contributed by atoms with Gasteiger partial charge in [-0.25, -0.2) is 0 Å². The van der Waals surface area contributed by atoms with Gasteiger partial charge in [0.05, 0.1) is 8.95 Å². The summed E-state index contributed by atoms with van der Waals surface area (Å²) in [4.78, 5) is 0. The van der Waals surface area contributed by atoms with E-state index in [0.717, 1.165) is 8.95 Å². The average Bonchev–Trinajstić information content (AvgIpc) is 2.55. The summed E-state index contributed by atoms with van der Waals surface area (Å²) in [7, 11) is 0. The zero-order chi connectivity index (χ0) is 16.2. The third kappa shape index (κ3) is 3.68. The van der Waals surface area contributed by atoms with Gasteiger partial charge in [-0.1, -0.05) is 30.3 Å². The standard InChI is InChI=1S/C18H13Br2NO2/c19-12-6-1-3-8-14(12)22-16-10-5-11-17(18(16)21)23-15-9-4-2-7-13(15)20/h1-11H,21H2. The minimum absolute atomic E-state index is 0.444. The van der Waals surface area contributed by atoms with Gasteiger partial charge in [0, 0.05) is 0 Å². The molecule has 0 heterocycles. The van der Waals surface area contributed by atoms with Crippen LogP contribution in [-0.4, -0.2) is 0 Å². The molecule has 5 heteroatoms. The van der Waals surface area contributed by atoms with Gasteiger partial charge >= 0.3 is 0 Å². The smallest absolute Gasteiger partial charge is 0.154 e. The molecular weight excluding hydrogens is 422 g/mol. The van der Waals surface area contributed by atoms with E-state index in [2.05, 4.69) is 31.9 Å². The van der Waals surface area contributed by atoms with Crippen LogP contribution in [0.5, 0.6) is 23.0 Å². The number of hydrogen-bond donors (Lipinski definition) is 1. The van der Waals surface area contributed by atoms with Crippen LogP contribution in [0.15, 0.2) is 75.7 Å². The van der Waals surface area contributed by atoms with E-state index in [1.165, 1.54) is 0 Å². The fourth-order valence-corrected chi connectivity index (χ4v) is 2.73. The van der Waals surface area contributed by atoms with Gasteiger partial charge in [0.25, 0.3) is 0 Å². The lowest BCUT2D eigenvalue weighted by molar-refractivity contribution is 0.462. The molecule has 0 unspecified atom stereocenters. The maximum Gasteiger partial charge on any atom is 0.154 e. The minimum Gasteiger partial charge on any atom is -0.454 e. The highest BCUT2D eigenvalue weighted by Gasteiger charge is 2.11. The molecule has 2 N–H and O–H groups in total. The van der Waals surface area contributed by atoms with Crippen LogP contribution < -0.4 is 15.2 Å². The van der Waals surface area contributed by atoms with Crippen molar-refractivity contribution in [3.63, 3.8) is 0 Å². The molecule has 3 nitrogen and oxygen atoms in total. The van der Waals surface area contributed by atoms with E-state index in [0.29, 0.717) is 28.7 Å². The molecule has 0 aliphatic rings. The van der Waals surface area contributed by atoms with Crippen LogP contribution in [0.25, 0.3) is 0 Å². The molecule has 23 heavy (non-hydrogen) atoms. The van der Waals surface area contributed by atoms with Crippen molar-refractivity contribution in [1.82, 2.24) is 0 Å². The van der Waals surface area contributed by atoms with Crippen LogP contribution in [0.3, 0.4) is 0 Å². The van der Waals surface area contributed by atoms with Crippen LogP contribution in [-0.2, 0) is 0 Å². The normalized spacial score (nSPS) is 10.3. The summed E-state index contributed by atoms with van der Waals surface area (Å²) in [6.45, 7) is 0. The lowest BCUT2D eigenvalue weighted by atomic mass is 10.2. The predicted octanol–water partition coefficient (Wildman–Crippen LogP) is 6.38. The Kier molecular flexibility index (Phi) is 4.88. The third-order valence-electron chi connectivity index (χ3n) is 3.14. The molecule has 0 saturated heterocycles. The highest BCUT2D eigenvalue weighted by molar-refractivity contribution is 9.10. The predicted molar refractivity (Wildman–Crippen MR) is 99.3 cm³/mol. The van der Waals surface area contributed by atoms with Crippen molar-refractivity contribution in [2.75, 3.05) is 5.73 Å². The van der Waals surface area contributed by atoms with E-state index < -0.39 is 0 Å². The summed E-state index contributed by atoms with van der Waals surface area (Å²) >= 11 is 6.91. The van der Waals surface area contributed by atoms with E-state index in [4.69, 9.17) is 15.2 Å². The van der Waals surface area contributed by atoms with Gasteiger partial charge in [-0.3, -0.25) is 0 Å². The Morgan fingerprint density at radius 2 is 0.957 bits per heavy atom. The van der Waals surface area contributed by atoms with Crippen LogP contribution in [0.1, 0.15) is 0 Å². The lowest BCUT2D eigenvalue weighted by Crippen LogP contribution is -1.96. The van der Waals surface area contributed by atoms with Gasteiger partial charge in [0.2, 0.25) is 0 Å². The Bertz CT molecular complexity index is 771. The minimum atomic E-state index is 0.444. The van der Waals surface area contributed by atoms with E-state index in [1.807, 2.05) is 66.7 Å². The summed E-state index contributed by atoms with van der Waals surface area (Å²) < 4.78 is 13.5. The molecule has 3 aromatic rings. The molecule has 3 rings (SSSR count). The number of nitrogens with two attached hydrogens (primary N) is 1. The fourth-order valence-electron chi connectivity index (χ4n) is 1.99. The topological polar surface area (TPSA) is 44.5 Å². The summed E-state index contributed by atoms with van der Waals surface area (Å²) in [5.74, 6) is 2.47. The van der Waals surface area contributed by atoms with Gasteiger partial charge in [-0.2, -0.15) is 0 Å². The first-order valence-corrected chi connectivity index (χ1v) is 8.47. The second-order valence-corrected chi connectivity index (χ2v) is 6.44. The number of halogens is 2. The molecule has 0 fully saturated rings. The van der Waals surface area contributed by atoms with Gasteiger partial charge in [-0.15, -0.1) is 0 Å². The molecule has 0 amide bonds. The number of rotatable bonds is 4. The van der Waals surface area contributed by atoms with E-state index >= 15 is 0 Å². The molecule has 0 aliphatic heterocycles. The van der Waals surface area contributed by atoms with Crippen molar-refractivity contribution in [2.45, 2.75) is 0 Å². The Labute approximate surface area is 151 Å². The quantitative estimate of drug-likeness (QED) is 0.484. The van der Waals surface area contributed by atoms with Crippen LogP contribution in [0, 0.1) is 0 Å². The Morgan fingerprint density at radius 1 is 0.565 bits per heavy atom. The molecule has 0 aromatic heterocycles. The second kappa shape index (κ2) is 7.06. The average molecular weight is 435 g/mol. The Hall–Kier alpha value is -1.98. The molecule has 116 valence electrons. The lowest BCUT2D eigenvalue weighted by Gasteiger charge is -2.14. The number of hydrogen-bond acceptors (Lipinski definition) is 3. The SMILES string of the molecule is Nc1c(Oc2ccccc2Br)cccc1Oc1ccccc1Br. The molecular formula is C18H13Br2NO2.